The molecule has 0 saturated carbocycles. The van der Waals surface area contributed by atoms with Crippen molar-refractivity contribution in [3.05, 3.63) is 52.1 Å². The molecule has 0 radical (unpaired) electrons. The maximum atomic E-state index is 5.37. The number of fused-ring (bicyclic) bond motifs is 1. The Labute approximate surface area is 133 Å². The molecule has 0 spiro atoms. The Morgan fingerprint density at radius 1 is 1.29 bits per heavy atom. The number of benzene rings is 1. The fraction of sp³-hybridized carbons (Fsp3) is 0.353. The van der Waals surface area contributed by atoms with Crippen LogP contribution in [0.2, 0.25) is 0 Å². The molecule has 1 N–H and O–H groups in total. The SMILES string of the molecule is CCOc1ccc(NC2CCc3cc(Br)ccc3C2)cn1. The van der Waals surface area contributed by atoms with Gasteiger partial charge in [0, 0.05) is 16.6 Å². The van der Waals surface area contributed by atoms with Crippen molar-refractivity contribution in [2.24, 2.45) is 0 Å². The largest absolute Gasteiger partial charge is 0.478 e. The lowest BCUT2D eigenvalue weighted by molar-refractivity contribution is 0.327. The Bertz CT molecular complexity index is 613. The molecule has 1 aliphatic carbocycles. The van der Waals surface area contributed by atoms with Crippen LogP contribution in [0, 0.1) is 0 Å². The molecule has 3 nitrogen and oxygen atoms in total. The Morgan fingerprint density at radius 3 is 2.95 bits per heavy atom. The second-order valence-corrected chi connectivity index (χ2v) is 6.23. The van der Waals surface area contributed by atoms with Gasteiger partial charge in [0.15, 0.2) is 0 Å². The highest BCUT2D eigenvalue weighted by atomic mass is 79.9. The monoisotopic (exact) mass is 346 g/mol. The van der Waals surface area contributed by atoms with Gasteiger partial charge in [0.1, 0.15) is 0 Å². The summed E-state index contributed by atoms with van der Waals surface area (Å²) in [5, 5.41) is 3.58. The van der Waals surface area contributed by atoms with E-state index in [0.717, 1.165) is 24.9 Å². The van der Waals surface area contributed by atoms with Crippen LogP contribution in [0.5, 0.6) is 5.88 Å². The summed E-state index contributed by atoms with van der Waals surface area (Å²) in [5.41, 5.74) is 3.97. The Hall–Kier alpha value is -1.55. The molecule has 0 amide bonds. The standard InChI is InChI=1S/C17H19BrN2O/c1-2-21-17-8-7-16(11-19-17)20-15-6-4-12-9-14(18)5-3-13(12)10-15/h3,5,7-9,11,15,20H,2,4,6,10H2,1H3. The lowest BCUT2D eigenvalue weighted by atomic mass is 9.88. The van der Waals surface area contributed by atoms with Gasteiger partial charge in [-0.1, -0.05) is 22.0 Å². The van der Waals surface area contributed by atoms with E-state index in [2.05, 4.69) is 44.4 Å². The van der Waals surface area contributed by atoms with Gasteiger partial charge in [0.05, 0.1) is 18.5 Å². The number of anilines is 1. The number of halogens is 1. The molecular weight excluding hydrogens is 328 g/mol. The number of nitrogens with zero attached hydrogens (tertiary/aromatic N) is 1. The number of pyridine rings is 1. The van der Waals surface area contributed by atoms with Gasteiger partial charge in [-0.25, -0.2) is 4.98 Å². The maximum Gasteiger partial charge on any atom is 0.213 e. The van der Waals surface area contributed by atoms with Crippen molar-refractivity contribution in [1.29, 1.82) is 0 Å². The molecular formula is C17H19BrN2O. The Balaban J connectivity index is 1.65. The van der Waals surface area contributed by atoms with Crippen LogP contribution < -0.4 is 10.1 Å². The van der Waals surface area contributed by atoms with E-state index in [1.807, 2.05) is 25.3 Å². The van der Waals surface area contributed by atoms with Crippen molar-refractivity contribution in [2.75, 3.05) is 11.9 Å². The molecule has 4 heteroatoms. The maximum absolute atomic E-state index is 5.37. The predicted molar refractivity (Wildman–Crippen MR) is 89.0 cm³/mol. The average molecular weight is 347 g/mol. The minimum Gasteiger partial charge on any atom is -0.478 e. The Kier molecular flexibility index (Phi) is 4.44. The van der Waals surface area contributed by atoms with Crippen molar-refractivity contribution in [1.82, 2.24) is 4.98 Å². The van der Waals surface area contributed by atoms with E-state index in [-0.39, 0.29) is 0 Å². The highest BCUT2D eigenvalue weighted by molar-refractivity contribution is 9.10. The lowest BCUT2D eigenvalue weighted by Gasteiger charge is -2.26. The summed E-state index contributed by atoms with van der Waals surface area (Å²) in [6.07, 6.45) is 5.19. The molecule has 1 atom stereocenters. The first-order chi connectivity index (χ1) is 10.2. The van der Waals surface area contributed by atoms with Gasteiger partial charge in [-0.05, 0) is 55.5 Å². The predicted octanol–water partition coefficient (Wildman–Crippen LogP) is 4.21. The highest BCUT2D eigenvalue weighted by Crippen LogP contribution is 2.26. The van der Waals surface area contributed by atoms with Gasteiger partial charge in [-0.15, -0.1) is 0 Å². The van der Waals surface area contributed by atoms with Gasteiger partial charge in [-0.3, -0.25) is 0 Å². The van der Waals surface area contributed by atoms with E-state index in [9.17, 15) is 0 Å². The Morgan fingerprint density at radius 2 is 2.19 bits per heavy atom. The zero-order valence-corrected chi connectivity index (χ0v) is 13.7. The van der Waals surface area contributed by atoms with Crippen LogP contribution in [-0.4, -0.2) is 17.6 Å². The topological polar surface area (TPSA) is 34.1 Å². The normalized spacial score (nSPS) is 17.1. The van der Waals surface area contributed by atoms with Gasteiger partial charge < -0.3 is 10.1 Å². The van der Waals surface area contributed by atoms with E-state index in [1.165, 1.54) is 15.6 Å². The third kappa shape index (κ3) is 3.56. The minimum atomic E-state index is 0.471. The summed E-state index contributed by atoms with van der Waals surface area (Å²) < 4.78 is 6.53. The van der Waals surface area contributed by atoms with Crippen molar-refractivity contribution >= 4 is 21.6 Å². The van der Waals surface area contributed by atoms with Crippen LogP contribution in [0.4, 0.5) is 5.69 Å². The zero-order chi connectivity index (χ0) is 14.7. The summed E-state index contributed by atoms with van der Waals surface area (Å²) in [5.74, 6) is 0.682. The molecule has 1 heterocycles. The molecule has 0 bridgehead atoms. The van der Waals surface area contributed by atoms with Crippen LogP contribution in [-0.2, 0) is 12.8 Å². The number of nitrogens with one attached hydrogen (secondary N) is 1. The molecule has 21 heavy (non-hydrogen) atoms. The summed E-state index contributed by atoms with van der Waals surface area (Å²) in [7, 11) is 0. The smallest absolute Gasteiger partial charge is 0.213 e. The minimum absolute atomic E-state index is 0.471. The molecule has 1 aromatic heterocycles. The summed E-state index contributed by atoms with van der Waals surface area (Å²) in [4.78, 5) is 4.30. The molecule has 0 fully saturated rings. The molecule has 1 unspecified atom stereocenters. The van der Waals surface area contributed by atoms with Crippen molar-refractivity contribution in [3.8, 4) is 5.88 Å². The third-order valence-corrected chi connectivity index (χ3v) is 4.29. The molecule has 1 aromatic carbocycles. The van der Waals surface area contributed by atoms with E-state index in [0.29, 0.717) is 18.5 Å². The van der Waals surface area contributed by atoms with Crippen molar-refractivity contribution < 1.29 is 4.74 Å². The molecule has 2 aromatic rings. The summed E-state index contributed by atoms with van der Waals surface area (Å²) >= 11 is 3.54. The third-order valence-electron chi connectivity index (χ3n) is 3.80. The van der Waals surface area contributed by atoms with Crippen molar-refractivity contribution in [2.45, 2.75) is 32.2 Å². The van der Waals surface area contributed by atoms with Crippen LogP contribution in [0.1, 0.15) is 24.5 Å². The fourth-order valence-electron chi connectivity index (χ4n) is 2.78. The molecule has 110 valence electrons. The molecule has 0 saturated heterocycles. The average Bonchev–Trinajstić information content (AvgIpc) is 2.50. The second kappa shape index (κ2) is 6.48. The number of hydrogen-bond acceptors (Lipinski definition) is 3. The van der Waals surface area contributed by atoms with Crippen LogP contribution in [0.15, 0.2) is 41.0 Å². The van der Waals surface area contributed by atoms with Crippen molar-refractivity contribution in [3.63, 3.8) is 0 Å². The van der Waals surface area contributed by atoms with Crippen LogP contribution in [0.3, 0.4) is 0 Å². The summed E-state index contributed by atoms with van der Waals surface area (Å²) in [6, 6.07) is 11.0. The molecule has 1 aliphatic rings. The first kappa shape index (κ1) is 14.4. The van der Waals surface area contributed by atoms with E-state index >= 15 is 0 Å². The number of aromatic nitrogens is 1. The second-order valence-electron chi connectivity index (χ2n) is 5.32. The number of aryl methyl sites for hydroxylation is 1. The first-order valence-corrected chi connectivity index (χ1v) is 8.16. The number of ether oxygens (including phenoxy) is 1. The van der Waals surface area contributed by atoms with Gasteiger partial charge in [0.25, 0.3) is 0 Å². The quantitative estimate of drug-likeness (QED) is 0.900. The fourth-order valence-corrected chi connectivity index (χ4v) is 3.19. The molecule has 0 aliphatic heterocycles. The van der Waals surface area contributed by atoms with E-state index < -0.39 is 0 Å². The lowest BCUT2D eigenvalue weighted by Crippen LogP contribution is -2.27. The first-order valence-electron chi connectivity index (χ1n) is 7.37. The summed E-state index contributed by atoms with van der Waals surface area (Å²) in [6.45, 7) is 2.61. The van der Waals surface area contributed by atoms with Gasteiger partial charge in [-0.2, -0.15) is 0 Å². The number of rotatable bonds is 4. The number of hydrogen-bond donors (Lipinski definition) is 1. The van der Waals surface area contributed by atoms with Crippen LogP contribution in [0.25, 0.3) is 0 Å². The highest BCUT2D eigenvalue weighted by Gasteiger charge is 2.18. The zero-order valence-electron chi connectivity index (χ0n) is 12.1. The van der Waals surface area contributed by atoms with Gasteiger partial charge in [0.2, 0.25) is 5.88 Å². The van der Waals surface area contributed by atoms with Crippen LogP contribution >= 0.6 is 15.9 Å². The van der Waals surface area contributed by atoms with Gasteiger partial charge >= 0.3 is 0 Å². The molecule has 3 rings (SSSR count). The van der Waals surface area contributed by atoms with E-state index in [4.69, 9.17) is 4.74 Å². The van der Waals surface area contributed by atoms with E-state index in [1.54, 1.807) is 0 Å².